The van der Waals surface area contributed by atoms with Gasteiger partial charge in [-0.05, 0) is 47.0 Å². The fourth-order valence-electron chi connectivity index (χ4n) is 3.67. The van der Waals surface area contributed by atoms with E-state index >= 15 is 0 Å². The third-order valence-electron chi connectivity index (χ3n) is 5.20. The molecule has 1 aromatic heterocycles. The van der Waals surface area contributed by atoms with Gasteiger partial charge in [0.05, 0.1) is 18.1 Å². The number of fused-ring (bicyclic) bond motifs is 1. The SMILES string of the molecule is N#CCCNC(=O)c1cccc(-c2cccc3sc(Cc4cccc(C(F)(F)F)c4)cc23)c1. The summed E-state index contributed by atoms with van der Waals surface area (Å²) in [5.41, 5.74) is 2.28. The van der Waals surface area contributed by atoms with E-state index in [2.05, 4.69) is 5.32 Å². The van der Waals surface area contributed by atoms with Crippen LogP contribution in [0.3, 0.4) is 0 Å². The molecule has 0 bridgehead atoms. The lowest BCUT2D eigenvalue weighted by Gasteiger charge is -2.08. The monoisotopic (exact) mass is 464 g/mol. The van der Waals surface area contributed by atoms with Crippen LogP contribution in [0.1, 0.15) is 32.8 Å². The third-order valence-corrected chi connectivity index (χ3v) is 6.30. The van der Waals surface area contributed by atoms with Crippen LogP contribution in [0.25, 0.3) is 21.2 Å². The maximum absolute atomic E-state index is 13.1. The standard InChI is InChI=1S/C26H19F3N2OS/c27-26(28,29)20-8-1-5-17(13-20)14-21-16-23-22(9-3-10-24(23)33-21)18-6-2-7-19(15-18)25(32)31-12-4-11-30/h1-3,5-10,13,15-16H,4,12,14H2,(H,31,32). The smallest absolute Gasteiger partial charge is 0.351 e. The Bertz CT molecular complexity index is 1350. The lowest BCUT2D eigenvalue weighted by molar-refractivity contribution is -0.137. The summed E-state index contributed by atoms with van der Waals surface area (Å²) >= 11 is 1.55. The van der Waals surface area contributed by atoms with Crippen molar-refractivity contribution in [1.29, 1.82) is 5.26 Å². The predicted molar refractivity (Wildman–Crippen MR) is 124 cm³/mol. The highest BCUT2D eigenvalue weighted by molar-refractivity contribution is 7.19. The van der Waals surface area contributed by atoms with Crippen LogP contribution in [0.2, 0.25) is 0 Å². The van der Waals surface area contributed by atoms with E-state index in [4.69, 9.17) is 5.26 Å². The van der Waals surface area contributed by atoms with E-state index in [1.807, 2.05) is 42.5 Å². The van der Waals surface area contributed by atoms with E-state index in [0.717, 1.165) is 32.2 Å². The zero-order valence-corrected chi connectivity index (χ0v) is 18.3. The highest BCUT2D eigenvalue weighted by atomic mass is 32.1. The minimum atomic E-state index is -4.37. The number of hydrogen-bond acceptors (Lipinski definition) is 3. The third kappa shape index (κ3) is 5.24. The number of alkyl halides is 3. The van der Waals surface area contributed by atoms with Gasteiger partial charge in [-0.15, -0.1) is 11.3 Å². The molecule has 7 heteroatoms. The largest absolute Gasteiger partial charge is 0.416 e. The van der Waals surface area contributed by atoms with Gasteiger partial charge in [0, 0.05) is 33.5 Å². The molecule has 0 unspecified atom stereocenters. The molecular weight excluding hydrogens is 445 g/mol. The minimum Gasteiger partial charge on any atom is -0.351 e. The molecule has 0 aliphatic heterocycles. The number of carbonyl (C=O) groups excluding carboxylic acids is 1. The number of amides is 1. The van der Waals surface area contributed by atoms with Gasteiger partial charge in [-0.2, -0.15) is 18.4 Å². The number of hydrogen-bond donors (Lipinski definition) is 1. The first-order valence-electron chi connectivity index (χ1n) is 10.3. The van der Waals surface area contributed by atoms with E-state index in [0.29, 0.717) is 24.1 Å². The molecule has 33 heavy (non-hydrogen) atoms. The van der Waals surface area contributed by atoms with Gasteiger partial charge in [0.25, 0.3) is 5.91 Å². The Labute approximate surface area is 193 Å². The van der Waals surface area contributed by atoms with Crippen LogP contribution in [0.4, 0.5) is 13.2 Å². The number of rotatable bonds is 6. The van der Waals surface area contributed by atoms with E-state index in [1.165, 1.54) is 12.1 Å². The Morgan fingerprint density at radius 2 is 1.79 bits per heavy atom. The van der Waals surface area contributed by atoms with Gasteiger partial charge >= 0.3 is 6.18 Å². The second-order valence-corrected chi connectivity index (χ2v) is 8.72. The Kier molecular flexibility index (Phi) is 6.47. The van der Waals surface area contributed by atoms with Crippen LogP contribution in [0.5, 0.6) is 0 Å². The second kappa shape index (κ2) is 9.47. The van der Waals surface area contributed by atoms with Gasteiger partial charge in [-0.3, -0.25) is 4.79 Å². The summed E-state index contributed by atoms with van der Waals surface area (Å²) in [6.07, 6.45) is -3.71. The Hall–Kier alpha value is -3.63. The molecular formula is C26H19F3N2OS. The van der Waals surface area contributed by atoms with Crippen LogP contribution in [-0.2, 0) is 12.6 Å². The maximum atomic E-state index is 13.1. The molecule has 3 nitrogen and oxygen atoms in total. The number of thiophene rings is 1. The lowest BCUT2D eigenvalue weighted by atomic mass is 9.99. The average molecular weight is 465 g/mol. The van der Waals surface area contributed by atoms with Crippen molar-refractivity contribution < 1.29 is 18.0 Å². The van der Waals surface area contributed by atoms with Crippen LogP contribution in [0, 0.1) is 11.3 Å². The van der Waals surface area contributed by atoms with Gasteiger partial charge in [0.1, 0.15) is 0 Å². The average Bonchev–Trinajstić information content (AvgIpc) is 3.21. The quantitative estimate of drug-likeness (QED) is 0.318. The number of nitrogens with zero attached hydrogens (tertiary/aromatic N) is 1. The van der Waals surface area contributed by atoms with E-state index < -0.39 is 11.7 Å². The molecule has 0 saturated carbocycles. The second-order valence-electron chi connectivity index (χ2n) is 7.55. The van der Waals surface area contributed by atoms with E-state index in [-0.39, 0.29) is 12.3 Å². The maximum Gasteiger partial charge on any atom is 0.416 e. The Balaban J connectivity index is 1.63. The number of nitriles is 1. The highest BCUT2D eigenvalue weighted by Gasteiger charge is 2.30. The summed E-state index contributed by atoms with van der Waals surface area (Å²) in [4.78, 5) is 13.3. The van der Waals surface area contributed by atoms with Crippen LogP contribution >= 0.6 is 11.3 Å². The lowest BCUT2D eigenvalue weighted by Crippen LogP contribution is -2.24. The normalized spacial score (nSPS) is 11.3. The topological polar surface area (TPSA) is 52.9 Å². The fraction of sp³-hybridized carbons (Fsp3) is 0.154. The van der Waals surface area contributed by atoms with Crippen molar-refractivity contribution >= 4 is 27.3 Å². The molecule has 0 saturated heterocycles. The van der Waals surface area contributed by atoms with Crippen molar-refractivity contribution in [2.45, 2.75) is 19.0 Å². The van der Waals surface area contributed by atoms with Crippen molar-refractivity contribution in [3.05, 3.63) is 94.4 Å². The van der Waals surface area contributed by atoms with Crippen molar-refractivity contribution in [1.82, 2.24) is 5.32 Å². The summed E-state index contributed by atoms with van der Waals surface area (Å²) in [7, 11) is 0. The van der Waals surface area contributed by atoms with Gasteiger partial charge in [-0.1, -0.05) is 42.5 Å². The van der Waals surface area contributed by atoms with Crippen molar-refractivity contribution in [3.63, 3.8) is 0 Å². The first-order chi connectivity index (χ1) is 15.8. The van der Waals surface area contributed by atoms with E-state index in [1.54, 1.807) is 29.5 Å². The van der Waals surface area contributed by atoms with E-state index in [9.17, 15) is 18.0 Å². The molecule has 1 amide bonds. The number of halogens is 3. The Morgan fingerprint density at radius 1 is 1.00 bits per heavy atom. The minimum absolute atomic E-state index is 0.241. The molecule has 0 radical (unpaired) electrons. The molecule has 0 atom stereocenters. The van der Waals surface area contributed by atoms with Crippen LogP contribution in [-0.4, -0.2) is 12.5 Å². The van der Waals surface area contributed by atoms with Gasteiger partial charge in [0.2, 0.25) is 0 Å². The summed E-state index contributed by atoms with van der Waals surface area (Å²) in [6, 6.07) is 22.6. The van der Waals surface area contributed by atoms with Crippen LogP contribution < -0.4 is 5.32 Å². The van der Waals surface area contributed by atoms with Crippen molar-refractivity contribution in [2.75, 3.05) is 6.54 Å². The molecule has 3 aromatic carbocycles. The first kappa shape index (κ1) is 22.6. The molecule has 1 N–H and O–H groups in total. The zero-order valence-electron chi connectivity index (χ0n) is 17.4. The molecule has 0 spiro atoms. The van der Waals surface area contributed by atoms with Gasteiger partial charge < -0.3 is 5.32 Å². The molecule has 4 rings (SSSR count). The van der Waals surface area contributed by atoms with Crippen molar-refractivity contribution in [3.8, 4) is 17.2 Å². The molecule has 166 valence electrons. The highest BCUT2D eigenvalue weighted by Crippen LogP contribution is 2.36. The molecule has 4 aromatic rings. The zero-order chi connectivity index (χ0) is 23.4. The van der Waals surface area contributed by atoms with Crippen molar-refractivity contribution in [2.24, 2.45) is 0 Å². The fourth-order valence-corrected chi connectivity index (χ4v) is 4.80. The summed E-state index contributed by atoms with van der Waals surface area (Å²) in [6.45, 7) is 0.290. The molecule has 0 fully saturated rings. The van der Waals surface area contributed by atoms with Gasteiger partial charge in [0.15, 0.2) is 0 Å². The number of nitrogens with one attached hydrogen (secondary N) is 1. The summed E-state index contributed by atoms with van der Waals surface area (Å²) < 4.78 is 40.2. The predicted octanol–water partition coefficient (Wildman–Crippen LogP) is 6.82. The summed E-state index contributed by atoms with van der Waals surface area (Å²) in [5, 5.41) is 12.4. The number of benzene rings is 3. The summed E-state index contributed by atoms with van der Waals surface area (Å²) in [5.74, 6) is -0.241. The van der Waals surface area contributed by atoms with Gasteiger partial charge in [-0.25, -0.2) is 0 Å². The van der Waals surface area contributed by atoms with Crippen LogP contribution in [0.15, 0.2) is 72.8 Å². The number of carbonyl (C=O) groups is 1. The Morgan fingerprint density at radius 3 is 2.58 bits per heavy atom. The molecule has 1 heterocycles. The first-order valence-corrected chi connectivity index (χ1v) is 11.1. The molecule has 0 aliphatic carbocycles. The molecule has 0 aliphatic rings.